The minimum Gasteiger partial charge on any atom is -0.456 e. The lowest BCUT2D eigenvalue weighted by Gasteiger charge is -2.12. The summed E-state index contributed by atoms with van der Waals surface area (Å²) in [7, 11) is 0. The van der Waals surface area contributed by atoms with Gasteiger partial charge in [-0.2, -0.15) is 0 Å². The maximum atomic E-state index is 6.44. The van der Waals surface area contributed by atoms with E-state index in [2.05, 4.69) is 121 Å². The van der Waals surface area contributed by atoms with Gasteiger partial charge < -0.3 is 4.42 Å². The zero-order valence-corrected chi connectivity index (χ0v) is 26.4. The van der Waals surface area contributed by atoms with E-state index in [1.54, 1.807) is 11.3 Å². The van der Waals surface area contributed by atoms with Gasteiger partial charge in [-0.05, 0) is 58.3 Å². The van der Waals surface area contributed by atoms with Gasteiger partial charge in [-0.3, -0.25) is 0 Å². The molecule has 0 saturated carbocycles. The second kappa shape index (κ2) is 10.7. The highest BCUT2D eigenvalue weighted by Gasteiger charge is 2.21. The van der Waals surface area contributed by atoms with Crippen molar-refractivity contribution in [3.05, 3.63) is 152 Å². The van der Waals surface area contributed by atoms with Gasteiger partial charge >= 0.3 is 0 Å². The molecule has 224 valence electrons. The van der Waals surface area contributed by atoms with Crippen LogP contribution in [-0.2, 0) is 0 Å². The number of hydrogen-bond donors (Lipinski definition) is 0. The van der Waals surface area contributed by atoms with Gasteiger partial charge in [0.1, 0.15) is 11.2 Å². The van der Waals surface area contributed by atoms with Gasteiger partial charge in [0.2, 0.25) is 0 Å². The van der Waals surface area contributed by atoms with Gasteiger partial charge in [-0.25, -0.2) is 15.0 Å². The summed E-state index contributed by atoms with van der Waals surface area (Å²) in [5.41, 5.74) is 6.75. The maximum absolute atomic E-state index is 6.44. The highest BCUT2D eigenvalue weighted by atomic mass is 32.1. The molecule has 48 heavy (non-hydrogen) atoms. The number of furan rings is 1. The fraction of sp³-hybridized carbons (Fsp3) is 0. The van der Waals surface area contributed by atoms with Crippen molar-refractivity contribution in [2.24, 2.45) is 0 Å². The van der Waals surface area contributed by atoms with Gasteiger partial charge in [0.25, 0.3) is 0 Å². The van der Waals surface area contributed by atoms with Gasteiger partial charge in [0, 0.05) is 47.6 Å². The van der Waals surface area contributed by atoms with Gasteiger partial charge in [-0.1, -0.05) is 115 Å². The summed E-state index contributed by atoms with van der Waals surface area (Å²) in [5, 5.41) is 6.70. The van der Waals surface area contributed by atoms with E-state index in [9.17, 15) is 0 Å². The third-order valence-corrected chi connectivity index (χ3v) is 10.2. The summed E-state index contributed by atoms with van der Waals surface area (Å²) >= 11 is 1.80. The van der Waals surface area contributed by atoms with Crippen molar-refractivity contribution in [1.29, 1.82) is 0 Å². The Morgan fingerprint density at radius 3 is 1.88 bits per heavy atom. The van der Waals surface area contributed by atoms with Crippen LogP contribution >= 0.6 is 11.3 Å². The first kappa shape index (κ1) is 27.0. The van der Waals surface area contributed by atoms with Gasteiger partial charge in [0.05, 0.1) is 0 Å². The molecule has 3 aromatic heterocycles. The molecule has 10 rings (SSSR count). The van der Waals surface area contributed by atoms with Crippen molar-refractivity contribution >= 4 is 64.2 Å². The molecule has 0 saturated heterocycles. The Bertz CT molecular complexity index is 2840. The molecular formula is C43H25N3OS. The Balaban J connectivity index is 1.29. The van der Waals surface area contributed by atoms with Crippen LogP contribution in [0.3, 0.4) is 0 Å². The molecule has 0 aliphatic rings. The minimum absolute atomic E-state index is 0.609. The number of nitrogens with zero attached hydrogens (tertiary/aromatic N) is 3. The molecule has 0 aliphatic carbocycles. The largest absolute Gasteiger partial charge is 0.456 e. The molecule has 0 atom stereocenters. The van der Waals surface area contributed by atoms with E-state index < -0.39 is 0 Å². The summed E-state index contributed by atoms with van der Waals surface area (Å²) in [6, 6.07) is 52.7. The predicted molar refractivity (Wildman–Crippen MR) is 199 cm³/mol. The average Bonchev–Trinajstić information content (AvgIpc) is 3.72. The number of hydrogen-bond acceptors (Lipinski definition) is 5. The van der Waals surface area contributed by atoms with E-state index in [4.69, 9.17) is 19.4 Å². The third kappa shape index (κ3) is 4.33. The van der Waals surface area contributed by atoms with Gasteiger partial charge in [0.15, 0.2) is 17.5 Å². The first-order valence-electron chi connectivity index (χ1n) is 15.9. The standard InChI is InChI=1S/C43H25N3OS/c1-3-12-26(13-4-1)30-23-34(40-31-18-9-10-21-37(31)48-38(40)25-30)43-45-41(27-14-5-2-6-15-27)44-42(46-43)32-19-11-20-35-39(32)33-22-28-16-7-8-17-29(28)24-36(33)47-35/h1-25H. The molecule has 0 radical (unpaired) electrons. The van der Waals surface area contributed by atoms with E-state index >= 15 is 0 Å². The van der Waals surface area contributed by atoms with Crippen LogP contribution in [0.15, 0.2) is 156 Å². The summed E-state index contributed by atoms with van der Waals surface area (Å²) < 4.78 is 8.88. The van der Waals surface area contributed by atoms with Crippen molar-refractivity contribution < 1.29 is 4.42 Å². The smallest absolute Gasteiger partial charge is 0.164 e. The van der Waals surface area contributed by atoms with Crippen molar-refractivity contribution in [3.63, 3.8) is 0 Å². The van der Waals surface area contributed by atoms with E-state index in [-0.39, 0.29) is 0 Å². The first-order valence-corrected chi connectivity index (χ1v) is 16.8. The second-order valence-corrected chi connectivity index (χ2v) is 13.1. The van der Waals surface area contributed by atoms with Crippen molar-refractivity contribution in [1.82, 2.24) is 15.0 Å². The molecule has 0 spiro atoms. The third-order valence-electron chi connectivity index (χ3n) is 9.10. The number of fused-ring (bicyclic) bond motifs is 7. The van der Waals surface area contributed by atoms with Crippen molar-refractivity contribution in [2.75, 3.05) is 0 Å². The van der Waals surface area contributed by atoms with Crippen LogP contribution in [-0.4, -0.2) is 15.0 Å². The average molecular weight is 632 g/mol. The Labute approximate surface area is 279 Å². The fourth-order valence-corrected chi connectivity index (χ4v) is 8.03. The topological polar surface area (TPSA) is 51.8 Å². The fourth-order valence-electron chi connectivity index (χ4n) is 6.86. The van der Waals surface area contributed by atoms with Crippen LogP contribution < -0.4 is 0 Å². The Kier molecular flexibility index (Phi) is 6.01. The molecule has 0 aliphatic heterocycles. The summed E-state index contributed by atoms with van der Waals surface area (Å²) in [4.78, 5) is 15.7. The van der Waals surface area contributed by atoms with Crippen LogP contribution in [0, 0.1) is 0 Å². The molecule has 10 aromatic rings. The Morgan fingerprint density at radius 2 is 1.06 bits per heavy atom. The maximum Gasteiger partial charge on any atom is 0.164 e. The van der Waals surface area contributed by atoms with E-state index in [0.717, 1.165) is 65.9 Å². The quantitative estimate of drug-likeness (QED) is 0.194. The number of thiophene rings is 1. The molecule has 0 unspecified atom stereocenters. The Morgan fingerprint density at radius 1 is 0.396 bits per heavy atom. The molecular weight excluding hydrogens is 607 g/mol. The highest BCUT2D eigenvalue weighted by molar-refractivity contribution is 7.26. The zero-order valence-electron chi connectivity index (χ0n) is 25.6. The van der Waals surface area contributed by atoms with Crippen molar-refractivity contribution in [2.45, 2.75) is 0 Å². The molecule has 4 nitrogen and oxygen atoms in total. The van der Waals surface area contributed by atoms with Crippen LogP contribution in [0.2, 0.25) is 0 Å². The number of aromatic nitrogens is 3. The molecule has 0 fully saturated rings. The minimum atomic E-state index is 0.609. The summed E-state index contributed by atoms with van der Waals surface area (Å²) in [6.07, 6.45) is 0. The predicted octanol–water partition coefficient (Wildman–Crippen LogP) is 12.0. The van der Waals surface area contributed by atoms with Crippen molar-refractivity contribution in [3.8, 4) is 45.3 Å². The van der Waals surface area contributed by atoms with Crippen LogP contribution in [0.4, 0.5) is 0 Å². The second-order valence-electron chi connectivity index (χ2n) is 12.0. The normalized spacial score (nSPS) is 11.8. The lowest BCUT2D eigenvalue weighted by molar-refractivity contribution is 0.669. The molecule has 3 heterocycles. The highest BCUT2D eigenvalue weighted by Crippen LogP contribution is 2.43. The SMILES string of the molecule is c1ccc(-c2cc(-c3nc(-c4ccccc4)nc(-c4cccc5oc6cc7ccccc7cc6c45)n3)c3c(c2)sc2ccccc23)cc1. The molecule has 0 amide bonds. The summed E-state index contributed by atoms with van der Waals surface area (Å²) in [5.74, 6) is 1.88. The van der Waals surface area contributed by atoms with Crippen LogP contribution in [0.1, 0.15) is 0 Å². The molecule has 0 N–H and O–H groups in total. The van der Waals surface area contributed by atoms with Crippen LogP contribution in [0.5, 0.6) is 0 Å². The molecule has 0 bridgehead atoms. The van der Waals surface area contributed by atoms with E-state index in [1.807, 2.05) is 30.3 Å². The monoisotopic (exact) mass is 631 g/mol. The summed E-state index contributed by atoms with van der Waals surface area (Å²) in [6.45, 7) is 0. The first-order chi connectivity index (χ1) is 23.8. The Hall–Kier alpha value is -6.17. The number of benzene rings is 7. The van der Waals surface area contributed by atoms with Gasteiger partial charge in [-0.15, -0.1) is 11.3 Å². The lowest BCUT2D eigenvalue weighted by Crippen LogP contribution is -2.01. The zero-order chi connectivity index (χ0) is 31.6. The molecule has 5 heteroatoms. The molecule has 7 aromatic carbocycles. The van der Waals surface area contributed by atoms with Crippen LogP contribution in [0.25, 0.3) is 98.2 Å². The lowest BCUT2D eigenvalue weighted by atomic mass is 9.98. The van der Waals surface area contributed by atoms with E-state index in [0.29, 0.717) is 17.5 Å². The number of rotatable bonds is 4. The van der Waals surface area contributed by atoms with E-state index in [1.165, 1.54) is 14.8 Å².